The van der Waals surface area contributed by atoms with Gasteiger partial charge in [-0.25, -0.2) is 8.78 Å². The molecule has 2 aromatic carbocycles. The summed E-state index contributed by atoms with van der Waals surface area (Å²) in [5.74, 6) is -1.09. The number of rotatable bonds is 2. The van der Waals surface area contributed by atoms with E-state index in [1.54, 1.807) is 0 Å². The van der Waals surface area contributed by atoms with Gasteiger partial charge in [-0.15, -0.1) is 0 Å². The highest BCUT2D eigenvalue weighted by Crippen LogP contribution is 2.27. The van der Waals surface area contributed by atoms with Crippen LogP contribution < -0.4 is 0 Å². The molecule has 0 aromatic heterocycles. The Morgan fingerprint density at radius 1 is 1.06 bits per heavy atom. The molecule has 0 aliphatic carbocycles. The van der Waals surface area contributed by atoms with Gasteiger partial charge in [0, 0.05) is 5.56 Å². The van der Waals surface area contributed by atoms with Gasteiger partial charge in [-0.2, -0.15) is 0 Å². The zero-order valence-corrected chi connectivity index (χ0v) is 9.34. The monoisotopic (exact) mass is 252 g/mol. The third-order valence-corrected chi connectivity index (χ3v) is 2.68. The summed E-state index contributed by atoms with van der Waals surface area (Å²) >= 11 is 5.55. The quantitative estimate of drug-likeness (QED) is 0.736. The van der Waals surface area contributed by atoms with Gasteiger partial charge in [0.2, 0.25) is 0 Å². The first-order valence-electron chi connectivity index (χ1n) is 4.82. The van der Waals surface area contributed by atoms with Crippen molar-refractivity contribution in [3.05, 3.63) is 58.6 Å². The highest BCUT2D eigenvalue weighted by Gasteiger charge is 2.08. The van der Waals surface area contributed by atoms with Crippen LogP contribution in [0.3, 0.4) is 0 Å². The molecule has 0 bridgehead atoms. The molecule has 0 saturated carbocycles. The molecule has 17 heavy (non-hydrogen) atoms. The van der Waals surface area contributed by atoms with Crippen LogP contribution in [0.15, 0.2) is 36.4 Å². The average molecular weight is 253 g/mol. The third-order valence-electron chi connectivity index (χ3n) is 2.37. The van der Waals surface area contributed by atoms with Crippen molar-refractivity contribution in [3.8, 4) is 11.1 Å². The van der Waals surface area contributed by atoms with Gasteiger partial charge in [-0.3, -0.25) is 4.79 Å². The second-order valence-corrected chi connectivity index (χ2v) is 3.89. The van der Waals surface area contributed by atoms with Crippen LogP contribution in [0, 0.1) is 11.6 Å². The maximum atomic E-state index is 13.3. The highest BCUT2D eigenvalue weighted by molar-refractivity contribution is 6.30. The van der Waals surface area contributed by atoms with Crippen LogP contribution in [0.5, 0.6) is 0 Å². The lowest BCUT2D eigenvalue weighted by Crippen LogP contribution is -1.90. The average Bonchev–Trinajstić information content (AvgIpc) is 2.32. The molecule has 0 radical (unpaired) electrons. The fraction of sp³-hybridized carbons (Fsp3) is 0. The largest absolute Gasteiger partial charge is 0.298 e. The lowest BCUT2D eigenvalue weighted by Gasteiger charge is -2.06. The standard InChI is InChI=1S/C13H7ClF2O/c14-12-4-2-8(5-13(12)16)11-6-10(15)3-1-9(11)7-17/h1-7H. The molecule has 86 valence electrons. The Hall–Kier alpha value is -1.74. The van der Waals surface area contributed by atoms with Crippen LogP contribution in [-0.2, 0) is 0 Å². The SMILES string of the molecule is O=Cc1ccc(F)cc1-c1ccc(Cl)c(F)c1. The molecule has 0 aliphatic rings. The molecule has 0 unspecified atom stereocenters. The summed E-state index contributed by atoms with van der Waals surface area (Å²) < 4.78 is 26.4. The smallest absolute Gasteiger partial charge is 0.150 e. The minimum Gasteiger partial charge on any atom is -0.298 e. The van der Waals surface area contributed by atoms with E-state index in [1.165, 1.54) is 36.4 Å². The summed E-state index contributed by atoms with van der Waals surface area (Å²) in [5, 5.41) is -0.0159. The van der Waals surface area contributed by atoms with Crippen LogP contribution >= 0.6 is 11.6 Å². The second-order valence-electron chi connectivity index (χ2n) is 3.48. The van der Waals surface area contributed by atoms with Crippen molar-refractivity contribution < 1.29 is 13.6 Å². The van der Waals surface area contributed by atoms with Gasteiger partial charge in [0.25, 0.3) is 0 Å². The minimum absolute atomic E-state index is 0.0159. The topological polar surface area (TPSA) is 17.1 Å². The summed E-state index contributed by atoms with van der Waals surface area (Å²) in [6.07, 6.45) is 0.598. The summed E-state index contributed by atoms with van der Waals surface area (Å²) in [5.41, 5.74) is 1.05. The van der Waals surface area contributed by atoms with Gasteiger partial charge in [-0.05, 0) is 41.5 Å². The molecule has 0 atom stereocenters. The maximum absolute atomic E-state index is 13.3. The van der Waals surface area contributed by atoms with E-state index in [1.807, 2.05) is 0 Å². The zero-order chi connectivity index (χ0) is 12.4. The van der Waals surface area contributed by atoms with E-state index in [0.717, 1.165) is 0 Å². The van der Waals surface area contributed by atoms with Crippen molar-refractivity contribution >= 4 is 17.9 Å². The van der Waals surface area contributed by atoms with Gasteiger partial charge in [-0.1, -0.05) is 17.7 Å². The summed E-state index contributed by atoms with van der Waals surface area (Å²) in [6.45, 7) is 0. The van der Waals surface area contributed by atoms with Crippen molar-refractivity contribution in [2.45, 2.75) is 0 Å². The van der Waals surface area contributed by atoms with Crippen LogP contribution in [-0.4, -0.2) is 6.29 Å². The first kappa shape index (κ1) is 11.7. The molecule has 1 nitrogen and oxygen atoms in total. The predicted molar refractivity (Wildman–Crippen MR) is 62.2 cm³/mol. The van der Waals surface area contributed by atoms with Gasteiger partial charge in [0.15, 0.2) is 6.29 Å². The summed E-state index contributed by atoms with van der Waals surface area (Å²) in [6, 6.07) is 7.79. The minimum atomic E-state index is -0.606. The molecule has 2 aromatic rings. The molecule has 0 fully saturated rings. The molecule has 0 saturated heterocycles. The number of benzene rings is 2. The third kappa shape index (κ3) is 2.34. The first-order chi connectivity index (χ1) is 8.11. The lowest BCUT2D eigenvalue weighted by atomic mass is 10.0. The number of aldehydes is 1. The molecular weight excluding hydrogens is 246 g/mol. The maximum Gasteiger partial charge on any atom is 0.150 e. The molecule has 4 heteroatoms. The molecule has 0 aliphatic heterocycles. The van der Waals surface area contributed by atoms with E-state index < -0.39 is 11.6 Å². The number of carbonyl (C=O) groups excluding carboxylic acids is 1. The van der Waals surface area contributed by atoms with E-state index in [-0.39, 0.29) is 5.02 Å². The molecule has 2 rings (SSSR count). The number of hydrogen-bond acceptors (Lipinski definition) is 1. The van der Waals surface area contributed by atoms with Gasteiger partial charge < -0.3 is 0 Å². The van der Waals surface area contributed by atoms with E-state index in [9.17, 15) is 13.6 Å². The predicted octanol–water partition coefficient (Wildman–Crippen LogP) is 4.10. The Morgan fingerprint density at radius 3 is 2.47 bits per heavy atom. The summed E-state index contributed by atoms with van der Waals surface area (Å²) in [7, 11) is 0. The highest BCUT2D eigenvalue weighted by atomic mass is 35.5. The second kappa shape index (κ2) is 4.63. The van der Waals surface area contributed by atoms with Crippen LogP contribution in [0.2, 0.25) is 5.02 Å². The normalized spacial score (nSPS) is 10.3. The number of hydrogen-bond donors (Lipinski definition) is 0. The van der Waals surface area contributed by atoms with Gasteiger partial charge in [0.1, 0.15) is 11.6 Å². The molecule has 0 spiro atoms. The zero-order valence-electron chi connectivity index (χ0n) is 8.58. The van der Waals surface area contributed by atoms with Crippen molar-refractivity contribution in [1.82, 2.24) is 0 Å². The lowest BCUT2D eigenvalue weighted by molar-refractivity contribution is 0.112. The first-order valence-corrected chi connectivity index (χ1v) is 5.20. The van der Waals surface area contributed by atoms with E-state index in [2.05, 4.69) is 0 Å². The Bertz CT molecular complexity index is 582. The molecule has 0 amide bonds. The Balaban J connectivity index is 2.62. The van der Waals surface area contributed by atoms with E-state index in [0.29, 0.717) is 23.0 Å². The fourth-order valence-corrected chi connectivity index (χ4v) is 1.66. The Morgan fingerprint density at radius 2 is 1.82 bits per heavy atom. The molecule has 0 heterocycles. The number of halogens is 3. The van der Waals surface area contributed by atoms with Crippen LogP contribution in [0.4, 0.5) is 8.78 Å². The van der Waals surface area contributed by atoms with Crippen LogP contribution in [0.25, 0.3) is 11.1 Å². The van der Waals surface area contributed by atoms with Crippen molar-refractivity contribution in [1.29, 1.82) is 0 Å². The Kier molecular flexibility index (Phi) is 3.20. The number of carbonyl (C=O) groups is 1. The van der Waals surface area contributed by atoms with E-state index in [4.69, 9.17) is 11.6 Å². The van der Waals surface area contributed by atoms with Crippen molar-refractivity contribution in [2.24, 2.45) is 0 Å². The van der Waals surface area contributed by atoms with Gasteiger partial charge in [0.05, 0.1) is 5.02 Å². The van der Waals surface area contributed by atoms with E-state index >= 15 is 0 Å². The van der Waals surface area contributed by atoms with Crippen LogP contribution in [0.1, 0.15) is 10.4 Å². The molecular formula is C13H7ClF2O. The Labute approximate surface area is 102 Å². The fourth-order valence-electron chi connectivity index (χ4n) is 1.54. The summed E-state index contributed by atoms with van der Waals surface area (Å²) in [4.78, 5) is 10.8. The molecule has 0 N–H and O–H groups in total. The van der Waals surface area contributed by atoms with Gasteiger partial charge >= 0.3 is 0 Å². The van der Waals surface area contributed by atoms with Crippen molar-refractivity contribution in [3.63, 3.8) is 0 Å². The van der Waals surface area contributed by atoms with Crippen molar-refractivity contribution in [2.75, 3.05) is 0 Å².